The van der Waals surface area contributed by atoms with Gasteiger partial charge in [-0.25, -0.2) is 4.39 Å². The van der Waals surface area contributed by atoms with E-state index >= 15 is 0 Å². The van der Waals surface area contributed by atoms with Gasteiger partial charge in [0.1, 0.15) is 5.82 Å². The number of benzene rings is 2. The third-order valence-corrected chi connectivity index (χ3v) is 4.59. The molecule has 1 fully saturated rings. The number of halogens is 3. The molecule has 0 unspecified atom stereocenters. The highest BCUT2D eigenvalue weighted by atomic mass is 35.5. The van der Waals surface area contributed by atoms with Crippen molar-refractivity contribution in [1.82, 2.24) is 4.90 Å². The highest BCUT2D eigenvalue weighted by Gasteiger charge is 2.20. The molecule has 0 aliphatic carbocycles. The second-order valence-corrected chi connectivity index (χ2v) is 6.63. The van der Waals surface area contributed by atoms with E-state index in [4.69, 9.17) is 23.2 Å². The second-order valence-electron chi connectivity index (χ2n) is 5.82. The highest BCUT2D eigenvalue weighted by Crippen LogP contribution is 2.25. The fourth-order valence-electron chi connectivity index (χ4n) is 2.73. The van der Waals surface area contributed by atoms with Gasteiger partial charge in [-0.1, -0.05) is 35.3 Å². The number of likely N-dealkylation sites (tertiary alicyclic amines) is 1. The molecule has 1 N–H and O–H groups in total. The van der Waals surface area contributed by atoms with Crippen LogP contribution in [0.3, 0.4) is 0 Å². The van der Waals surface area contributed by atoms with Crippen molar-refractivity contribution in [3.05, 3.63) is 63.4 Å². The van der Waals surface area contributed by atoms with Crippen molar-refractivity contribution in [2.24, 2.45) is 0 Å². The van der Waals surface area contributed by atoms with E-state index in [9.17, 15) is 14.0 Å². The number of anilines is 1. The minimum absolute atomic E-state index is 0.00342. The van der Waals surface area contributed by atoms with Crippen LogP contribution in [0.15, 0.2) is 36.4 Å². The summed E-state index contributed by atoms with van der Waals surface area (Å²) in [6, 6.07) is 9.37. The largest absolute Gasteiger partial charge is 0.338 e. The number of amides is 2. The molecule has 1 saturated heterocycles. The van der Waals surface area contributed by atoms with Gasteiger partial charge in [0.2, 0.25) is 5.91 Å². The minimum Gasteiger partial charge on any atom is -0.338 e. The topological polar surface area (TPSA) is 49.4 Å². The molecule has 1 heterocycles. The van der Waals surface area contributed by atoms with Crippen LogP contribution in [-0.4, -0.2) is 23.3 Å². The molecule has 0 radical (unpaired) electrons. The van der Waals surface area contributed by atoms with Crippen LogP contribution in [0.25, 0.3) is 0 Å². The zero-order chi connectivity index (χ0) is 18.0. The fourth-order valence-corrected chi connectivity index (χ4v) is 3.20. The number of rotatable bonds is 4. The number of nitrogens with one attached hydrogen (secondary N) is 1. The Morgan fingerprint density at radius 3 is 2.72 bits per heavy atom. The van der Waals surface area contributed by atoms with Gasteiger partial charge in [0, 0.05) is 25.2 Å². The maximum Gasteiger partial charge on any atom is 0.257 e. The lowest BCUT2D eigenvalue weighted by Crippen LogP contribution is -2.23. The van der Waals surface area contributed by atoms with Gasteiger partial charge < -0.3 is 10.2 Å². The van der Waals surface area contributed by atoms with E-state index in [1.807, 2.05) is 6.07 Å². The number of hydrogen-bond donors (Lipinski definition) is 1. The van der Waals surface area contributed by atoms with Gasteiger partial charge in [-0.3, -0.25) is 9.59 Å². The lowest BCUT2D eigenvalue weighted by atomic mass is 10.1. The summed E-state index contributed by atoms with van der Waals surface area (Å²) < 4.78 is 13.6. The van der Waals surface area contributed by atoms with E-state index in [0.717, 1.165) is 24.6 Å². The number of nitrogens with zero attached hydrogens (tertiary/aromatic N) is 1. The molecule has 1 aliphatic rings. The molecular formula is C18H15Cl2FN2O2. The lowest BCUT2D eigenvalue weighted by molar-refractivity contribution is -0.128. The first kappa shape index (κ1) is 17.7. The van der Waals surface area contributed by atoms with Gasteiger partial charge in [0.15, 0.2) is 0 Å². The Balaban J connectivity index is 1.74. The van der Waals surface area contributed by atoms with Crippen molar-refractivity contribution in [3.63, 3.8) is 0 Å². The van der Waals surface area contributed by atoms with Crippen LogP contribution < -0.4 is 5.32 Å². The van der Waals surface area contributed by atoms with Gasteiger partial charge in [-0.05, 0) is 36.2 Å². The Kier molecular flexibility index (Phi) is 5.25. The van der Waals surface area contributed by atoms with Gasteiger partial charge >= 0.3 is 0 Å². The molecule has 0 aromatic heterocycles. The van der Waals surface area contributed by atoms with Crippen molar-refractivity contribution in [2.75, 3.05) is 11.9 Å². The van der Waals surface area contributed by atoms with Crippen LogP contribution in [0.5, 0.6) is 0 Å². The molecule has 0 spiro atoms. The minimum atomic E-state index is -0.711. The lowest BCUT2D eigenvalue weighted by Gasteiger charge is -2.16. The Morgan fingerprint density at radius 2 is 2.00 bits per heavy atom. The van der Waals surface area contributed by atoms with Crippen molar-refractivity contribution in [2.45, 2.75) is 19.4 Å². The number of hydrogen-bond acceptors (Lipinski definition) is 2. The summed E-state index contributed by atoms with van der Waals surface area (Å²) in [6.45, 7) is 1.24. The van der Waals surface area contributed by atoms with E-state index in [-0.39, 0.29) is 21.5 Å². The van der Waals surface area contributed by atoms with E-state index in [0.29, 0.717) is 18.7 Å². The van der Waals surface area contributed by atoms with Crippen LogP contribution in [0, 0.1) is 5.82 Å². The van der Waals surface area contributed by atoms with Crippen molar-refractivity contribution in [1.29, 1.82) is 0 Å². The van der Waals surface area contributed by atoms with E-state index < -0.39 is 11.7 Å². The third kappa shape index (κ3) is 4.11. The zero-order valence-electron chi connectivity index (χ0n) is 13.2. The first-order chi connectivity index (χ1) is 11.9. The van der Waals surface area contributed by atoms with Crippen molar-refractivity contribution in [3.8, 4) is 0 Å². The normalized spacial score (nSPS) is 14.0. The maximum absolute atomic E-state index is 13.6. The van der Waals surface area contributed by atoms with Crippen molar-refractivity contribution < 1.29 is 14.0 Å². The monoisotopic (exact) mass is 380 g/mol. The Morgan fingerprint density at radius 1 is 1.20 bits per heavy atom. The molecule has 3 rings (SSSR count). The van der Waals surface area contributed by atoms with Crippen LogP contribution in [0.4, 0.5) is 10.1 Å². The smallest absolute Gasteiger partial charge is 0.257 e. The summed E-state index contributed by atoms with van der Waals surface area (Å²) >= 11 is 11.6. The molecule has 1 aliphatic heterocycles. The van der Waals surface area contributed by atoms with Gasteiger partial charge in [0.25, 0.3) is 5.91 Å². The standard InChI is InChI=1S/C18H15Cl2FN2O2/c19-14-9-15(20)16(21)8-13(14)18(25)22-12-4-1-3-11(7-12)10-23-6-2-5-17(23)24/h1,3-4,7-9H,2,5-6,10H2,(H,22,25). The Bertz CT molecular complexity index is 842. The predicted octanol–water partition coefficient (Wildman–Crippen LogP) is 4.51. The molecule has 4 nitrogen and oxygen atoms in total. The van der Waals surface area contributed by atoms with E-state index in [2.05, 4.69) is 5.32 Å². The molecule has 2 amide bonds. The van der Waals surface area contributed by atoms with Crippen LogP contribution in [-0.2, 0) is 11.3 Å². The molecule has 2 aromatic rings. The molecular weight excluding hydrogens is 366 g/mol. The van der Waals surface area contributed by atoms with E-state index in [1.165, 1.54) is 6.07 Å². The molecule has 130 valence electrons. The Labute approximate surface area is 154 Å². The van der Waals surface area contributed by atoms with Crippen LogP contribution in [0.2, 0.25) is 10.0 Å². The van der Waals surface area contributed by atoms with Crippen LogP contribution >= 0.6 is 23.2 Å². The molecule has 0 bridgehead atoms. The zero-order valence-corrected chi connectivity index (χ0v) is 14.7. The van der Waals surface area contributed by atoms with E-state index in [1.54, 1.807) is 23.1 Å². The van der Waals surface area contributed by atoms with Gasteiger partial charge in [-0.2, -0.15) is 0 Å². The molecule has 25 heavy (non-hydrogen) atoms. The molecule has 7 heteroatoms. The first-order valence-corrected chi connectivity index (χ1v) is 8.52. The average molecular weight is 381 g/mol. The fraction of sp³-hybridized carbons (Fsp3) is 0.222. The van der Waals surface area contributed by atoms with Crippen LogP contribution in [0.1, 0.15) is 28.8 Å². The predicted molar refractivity (Wildman–Crippen MR) is 95.5 cm³/mol. The SMILES string of the molecule is O=C(Nc1cccc(CN2CCCC2=O)c1)c1cc(F)c(Cl)cc1Cl. The Hall–Kier alpha value is -2.11. The first-order valence-electron chi connectivity index (χ1n) is 7.76. The summed E-state index contributed by atoms with van der Waals surface area (Å²) in [5, 5.41) is 2.62. The highest BCUT2D eigenvalue weighted by molar-refractivity contribution is 6.37. The summed E-state index contributed by atoms with van der Waals surface area (Å²) in [6.07, 6.45) is 1.45. The summed E-state index contributed by atoms with van der Waals surface area (Å²) in [4.78, 5) is 25.8. The second kappa shape index (κ2) is 7.42. The summed E-state index contributed by atoms with van der Waals surface area (Å²) in [5.74, 6) is -1.11. The number of carbonyl (C=O) groups is 2. The summed E-state index contributed by atoms with van der Waals surface area (Å²) in [7, 11) is 0. The quantitative estimate of drug-likeness (QED) is 0.793. The van der Waals surface area contributed by atoms with Gasteiger partial charge in [-0.15, -0.1) is 0 Å². The van der Waals surface area contributed by atoms with Crippen molar-refractivity contribution >= 4 is 40.7 Å². The summed E-state index contributed by atoms with van der Waals surface area (Å²) in [5.41, 5.74) is 1.45. The molecule has 0 atom stereocenters. The molecule has 2 aromatic carbocycles. The average Bonchev–Trinajstić information content (AvgIpc) is 2.96. The maximum atomic E-state index is 13.6. The molecule has 0 saturated carbocycles. The van der Waals surface area contributed by atoms with Gasteiger partial charge in [0.05, 0.1) is 15.6 Å². The number of carbonyl (C=O) groups excluding carboxylic acids is 2. The third-order valence-electron chi connectivity index (χ3n) is 3.98.